The van der Waals surface area contributed by atoms with E-state index in [0.29, 0.717) is 0 Å². The molecule has 0 aromatic heterocycles. The van der Waals surface area contributed by atoms with E-state index in [2.05, 4.69) is 62.3 Å². The van der Waals surface area contributed by atoms with Crippen molar-refractivity contribution in [3.05, 3.63) is 62.0 Å². The minimum Gasteiger partial charge on any atom is -0.496 e. The van der Waals surface area contributed by atoms with Gasteiger partial charge in [-0.25, -0.2) is 0 Å². The van der Waals surface area contributed by atoms with Gasteiger partial charge in [0.25, 0.3) is 0 Å². The second-order valence-electron chi connectivity index (χ2n) is 4.63. The predicted molar refractivity (Wildman–Crippen MR) is 90.5 cm³/mol. The minimum atomic E-state index is 0.0664. The first-order valence-electron chi connectivity index (χ1n) is 6.33. The Morgan fingerprint density at radius 3 is 2.45 bits per heavy atom. The van der Waals surface area contributed by atoms with Gasteiger partial charge in [0.15, 0.2) is 0 Å². The highest BCUT2D eigenvalue weighted by atomic mass is 79.9. The second kappa shape index (κ2) is 6.74. The average Bonchev–Trinajstić information content (AvgIpc) is 2.44. The topological polar surface area (TPSA) is 21.3 Å². The molecular weight excluding hydrogens is 382 g/mol. The van der Waals surface area contributed by atoms with Crippen molar-refractivity contribution < 1.29 is 4.74 Å². The first-order chi connectivity index (χ1) is 9.56. The molecule has 0 spiro atoms. The van der Waals surface area contributed by atoms with Gasteiger partial charge in [-0.05, 0) is 43.8 Å². The highest BCUT2D eigenvalue weighted by molar-refractivity contribution is 9.11. The Bertz CT molecular complexity index is 613. The molecule has 2 aromatic rings. The van der Waals surface area contributed by atoms with Crippen molar-refractivity contribution in [2.24, 2.45) is 0 Å². The van der Waals surface area contributed by atoms with Crippen molar-refractivity contribution in [2.45, 2.75) is 13.0 Å². The van der Waals surface area contributed by atoms with Crippen LogP contribution in [0.25, 0.3) is 0 Å². The van der Waals surface area contributed by atoms with Gasteiger partial charge in [-0.3, -0.25) is 0 Å². The van der Waals surface area contributed by atoms with Crippen LogP contribution >= 0.6 is 31.9 Å². The highest BCUT2D eigenvalue weighted by Crippen LogP contribution is 2.35. The smallest absolute Gasteiger partial charge is 0.123 e. The third kappa shape index (κ3) is 3.25. The van der Waals surface area contributed by atoms with Crippen LogP contribution in [0.4, 0.5) is 0 Å². The molecule has 0 aliphatic heterocycles. The van der Waals surface area contributed by atoms with Crippen LogP contribution in [-0.4, -0.2) is 14.2 Å². The standard InChI is InChI=1S/C16H17Br2NO/c1-10-4-7-15(20-3)13(8-10)16(19-2)12-9-11(17)5-6-14(12)18/h4-9,16,19H,1-3H3. The van der Waals surface area contributed by atoms with Crippen LogP contribution < -0.4 is 10.1 Å². The lowest BCUT2D eigenvalue weighted by molar-refractivity contribution is 0.405. The molecule has 0 aliphatic carbocycles. The average molecular weight is 399 g/mol. The fourth-order valence-electron chi connectivity index (χ4n) is 2.29. The lowest BCUT2D eigenvalue weighted by Gasteiger charge is -2.22. The van der Waals surface area contributed by atoms with E-state index in [-0.39, 0.29) is 6.04 Å². The summed E-state index contributed by atoms with van der Waals surface area (Å²) in [6.45, 7) is 2.09. The molecule has 4 heteroatoms. The number of nitrogens with one attached hydrogen (secondary N) is 1. The summed E-state index contributed by atoms with van der Waals surface area (Å²) in [6, 6.07) is 12.5. The van der Waals surface area contributed by atoms with Crippen molar-refractivity contribution >= 4 is 31.9 Å². The molecule has 0 heterocycles. The van der Waals surface area contributed by atoms with Gasteiger partial charge in [-0.15, -0.1) is 0 Å². The maximum Gasteiger partial charge on any atom is 0.123 e. The summed E-state index contributed by atoms with van der Waals surface area (Å²) in [7, 11) is 3.66. The Hall–Kier alpha value is -0.840. The van der Waals surface area contributed by atoms with Crippen LogP contribution in [0.1, 0.15) is 22.7 Å². The van der Waals surface area contributed by atoms with Crippen molar-refractivity contribution in [3.63, 3.8) is 0 Å². The second-order valence-corrected chi connectivity index (χ2v) is 6.40. The van der Waals surface area contributed by atoms with E-state index in [1.165, 1.54) is 11.1 Å². The number of benzene rings is 2. The highest BCUT2D eigenvalue weighted by Gasteiger charge is 2.19. The maximum absolute atomic E-state index is 5.51. The molecule has 0 saturated carbocycles. The van der Waals surface area contributed by atoms with Crippen LogP contribution in [0, 0.1) is 6.92 Å². The summed E-state index contributed by atoms with van der Waals surface area (Å²) in [5, 5.41) is 3.37. The quantitative estimate of drug-likeness (QED) is 0.795. The van der Waals surface area contributed by atoms with Gasteiger partial charge < -0.3 is 10.1 Å². The third-order valence-electron chi connectivity index (χ3n) is 3.25. The number of hydrogen-bond acceptors (Lipinski definition) is 2. The van der Waals surface area contributed by atoms with Gasteiger partial charge in [0.1, 0.15) is 5.75 Å². The molecule has 1 atom stereocenters. The molecule has 1 unspecified atom stereocenters. The van der Waals surface area contributed by atoms with E-state index in [0.717, 1.165) is 20.3 Å². The van der Waals surface area contributed by atoms with Gasteiger partial charge in [0.05, 0.1) is 13.2 Å². The number of ether oxygens (including phenoxy) is 1. The van der Waals surface area contributed by atoms with Crippen LogP contribution in [0.3, 0.4) is 0 Å². The Morgan fingerprint density at radius 2 is 1.80 bits per heavy atom. The van der Waals surface area contributed by atoms with Gasteiger partial charge in [0.2, 0.25) is 0 Å². The fraction of sp³-hybridized carbons (Fsp3) is 0.250. The molecule has 1 N–H and O–H groups in total. The van der Waals surface area contributed by atoms with Gasteiger partial charge in [-0.1, -0.05) is 49.6 Å². The molecule has 0 amide bonds. The lowest BCUT2D eigenvalue weighted by atomic mass is 9.96. The van der Waals surface area contributed by atoms with E-state index in [9.17, 15) is 0 Å². The fourth-order valence-corrected chi connectivity index (χ4v) is 3.15. The molecule has 0 saturated heterocycles. The molecule has 2 nitrogen and oxygen atoms in total. The third-order valence-corrected chi connectivity index (χ3v) is 4.47. The first-order valence-corrected chi connectivity index (χ1v) is 7.92. The first kappa shape index (κ1) is 15.5. The summed E-state index contributed by atoms with van der Waals surface area (Å²) in [5.74, 6) is 0.891. The zero-order valence-corrected chi connectivity index (χ0v) is 14.9. The van der Waals surface area contributed by atoms with Crippen LogP contribution in [-0.2, 0) is 0 Å². The minimum absolute atomic E-state index is 0.0664. The summed E-state index contributed by atoms with van der Waals surface area (Å²) >= 11 is 7.17. The molecular formula is C16H17Br2NO. The van der Waals surface area contributed by atoms with E-state index >= 15 is 0 Å². The van der Waals surface area contributed by atoms with E-state index in [1.54, 1.807) is 7.11 Å². The Morgan fingerprint density at radius 1 is 1.05 bits per heavy atom. The molecule has 0 aliphatic rings. The maximum atomic E-state index is 5.51. The van der Waals surface area contributed by atoms with Crippen LogP contribution in [0.5, 0.6) is 5.75 Å². The molecule has 0 radical (unpaired) electrons. The van der Waals surface area contributed by atoms with Crippen molar-refractivity contribution in [3.8, 4) is 5.75 Å². The number of hydrogen-bond donors (Lipinski definition) is 1. The number of aryl methyl sites for hydroxylation is 1. The summed E-state index contributed by atoms with van der Waals surface area (Å²) in [6.07, 6.45) is 0. The zero-order valence-electron chi connectivity index (χ0n) is 11.7. The van der Waals surface area contributed by atoms with Gasteiger partial charge in [-0.2, -0.15) is 0 Å². The molecule has 0 fully saturated rings. The Balaban J connectivity index is 2.57. The number of rotatable bonds is 4. The van der Waals surface area contributed by atoms with Crippen LogP contribution in [0.15, 0.2) is 45.3 Å². The monoisotopic (exact) mass is 397 g/mol. The largest absolute Gasteiger partial charge is 0.496 e. The van der Waals surface area contributed by atoms with E-state index < -0.39 is 0 Å². The Labute approximate surface area is 136 Å². The summed E-state index contributed by atoms with van der Waals surface area (Å²) in [4.78, 5) is 0. The van der Waals surface area contributed by atoms with Gasteiger partial charge in [0, 0.05) is 14.5 Å². The van der Waals surface area contributed by atoms with Crippen molar-refractivity contribution in [2.75, 3.05) is 14.2 Å². The van der Waals surface area contributed by atoms with Crippen LogP contribution in [0.2, 0.25) is 0 Å². The summed E-state index contributed by atoms with van der Waals surface area (Å²) < 4.78 is 7.64. The zero-order chi connectivity index (χ0) is 14.7. The van der Waals surface area contributed by atoms with E-state index in [1.807, 2.05) is 25.2 Å². The summed E-state index contributed by atoms with van der Waals surface area (Å²) in [5.41, 5.74) is 3.52. The number of methoxy groups -OCH3 is 1. The van der Waals surface area contributed by atoms with Gasteiger partial charge >= 0.3 is 0 Å². The molecule has 20 heavy (non-hydrogen) atoms. The van der Waals surface area contributed by atoms with E-state index in [4.69, 9.17) is 4.74 Å². The van der Waals surface area contributed by atoms with Crippen molar-refractivity contribution in [1.29, 1.82) is 0 Å². The van der Waals surface area contributed by atoms with Crippen molar-refractivity contribution in [1.82, 2.24) is 5.32 Å². The Kier molecular flexibility index (Phi) is 5.24. The SMILES string of the molecule is CNC(c1cc(Br)ccc1Br)c1cc(C)ccc1OC. The molecule has 2 rings (SSSR count). The normalized spacial score (nSPS) is 12.2. The number of halogens is 2. The predicted octanol–water partition coefficient (Wildman–Crippen LogP) is 4.84. The molecule has 2 aromatic carbocycles. The molecule has 0 bridgehead atoms. The lowest BCUT2D eigenvalue weighted by Crippen LogP contribution is -2.19. The molecule has 106 valence electrons.